The average Bonchev–Trinajstić information content (AvgIpc) is 2.68. The molecule has 0 bridgehead atoms. The molecule has 4 aromatic rings. The number of urea groups is 1. The summed E-state index contributed by atoms with van der Waals surface area (Å²) >= 11 is 0. The second kappa shape index (κ2) is 6.20. The van der Waals surface area contributed by atoms with Gasteiger partial charge < -0.3 is 5.32 Å². The van der Waals surface area contributed by atoms with Crippen molar-refractivity contribution in [2.45, 2.75) is 0 Å². The summed E-state index contributed by atoms with van der Waals surface area (Å²) in [5, 5.41) is 5.84. The quantitative estimate of drug-likeness (QED) is 0.553. The van der Waals surface area contributed by atoms with Crippen LogP contribution in [0.2, 0.25) is 0 Å². The van der Waals surface area contributed by atoms with Gasteiger partial charge in [0, 0.05) is 42.1 Å². The van der Waals surface area contributed by atoms with Crippen molar-refractivity contribution in [2.24, 2.45) is 0 Å². The van der Waals surface area contributed by atoms with Crippen LogP contribution in [0.25, 0.3) is 21.7 Å². The molecule has 5 heteroatoms. The molecule has 0 aliphatic carbocycles. The molecule has 0 saturated heterocycles. The Morgan fingerprint density at radius 2 is 1.84 bits per heavy atom. The number of carbonyl (C=O) groups is 1. The standard InChI is InChI=1S/C20H16N4O/c1-24(15-6-3-2-4-7-15)20(25)23-18-12-14-9-11-21-13-17(14)19-16(18)8-5-10-22-19/h2-13H,1H3,(H,23,25). The lowest BCUT2D eigenvalue weighted by Crippen LogP contribution is -2.31. The number of benzene rings is 2. The highest BCUT2D eigenvalue weighted by Gasteiger charge is 2.14. The van der Waals surface area contributed by atoms with Crippen LogP contribution in [0.3, 0.4) is 0 Å². The van der Waals surface area contributed by atoms with Crippen molar-refractivity contribution < 1.29 is 4.79 Å². The van der Waals surface area contributed by atoms with Gasteiger partial charge in [-0.3, -0.25) is 14.9 Å². The van der Waals surface area contributed by atoms with Crippen LogP contribution >= 0.6 is 0 Å². The smallest absolute Gasteiger partial charge is 0.307 e. The van der Waals surface area contributed by atoms with Crippen molar-refractivity contribution >= 4 is 39.1 Å². The number of nitrogens with one attached hydrogen (secondary N) is 1. The van der Waals surface area contributed by atoms with Crippen molar-refractivity contribution in [3.8, 4) is 0 Å². The molecule has 2 amide bonds. The van der Waals surface area contributed by atoms with E-state index in [1.54, 1.807) is 30.5 Å². The van der Waals surface area contributed by atoms with Crippen molar-refractivity contribution in [1.29, 1.82) is 0 Å². The molecule has 4 rings (SSSR count). The number of hydrogen-bond donors (Lipinski definition) is 1. The largest absolute Gasteiger partial charge is 0.326 e. The Bertz CT molecular complexity index is 1060. The van der Waals surface area contributed by atoms with E-state index in [4.69, 9.17) is 0 Å². The van der Waals surface area contributed by atoms with Crippen LogP contribution < -0.4 is 10.2 Å². The molecule has 0 fully saturated rings. The minimum Gasteiger partial charge on any atom is -0.307 e. The van der Waals surface area contributed by atoms with E-state index in [-0.39, 0.29) is 6.03 Å². The van der Waals surface area contributed by atoms with Crippen LogP contribution in [0.1, 0.15) is 0 Å². The normalized spacial score (nSPS) is 10.8. The van der Waals surface area contributed by atoms with Crippen LogP contribution in [0.15, 0.2) is 73.2 Å². The van der Waals surface area contributed by atoms with Crippen molar-refractivity contribution in [2.75, 3.05) is 17.3 Å². The molecular weight excluding hydrogens is 312 g/mol. The summed E-state index contributed by atoms with van der Waals surface area (Å²) in [6, 6.07) is 17.0. The molecule has 2 aromatic carbocycles. The summed E-state index contributed by atoms with van der Waals surface area (Å²) in [5.74, 6) is 0. The second-order valence-electron chi connectivity index (χ2n) is 5.75. The first kappa shape index (κ1) is 15.1. The van der Waals surface area contributed by atoms with E-state index in [0.717, 1.165) is 33.1 Å². The number of hydrogen-bond acceptors (Lipinski definition) is 3. The third-order valence-electron chi connectivity index (χ3n) is 4.20. The first-order chi connectivity index (χ1) is 12.2. The average molecular weight is 328 g/mol. The van der Waals surface area contributed by atoms with Gasteiger partial charge in [0.15, 0.2) is 0 Å². The van der Waals surface area contributed by atoms with Gasteiger partial charge in [0.1, 0.15) is 0 Å². The second-order valence-corrected chi connectivity index (χ2v) is 5.75. The molecule has 5 nitrogen and oxygen atoms in total. The number of rotatable bonds is 2. The third-order valence-corrected chi connectivity index (χ3v) is 4.20. The maximum Gasteiger partial charge on any atom is 0.326 e. The Labute approximate surface area is 144 Å². The maximum absolute atomic E-state index is 12.7. The minimum absolute atomic E-state index is 0.204. The van der Waals surface area contributed by atoms with Gasteiger partial charge in [0.25, 0.3) is 0 Å². The molecule has 2 heterocycles. The molecular formula is C20H16N4O. The SMILES string of the molecule is CN(C(=O)Nc1cc2ccncc2c2ncccc12)c1ccccc1. The van der Waals surface area contributed by atoms with Gasteiger partial charge in [-0.15, -0.1) is 0 Å². The van der Waals surface area contributed by atoms with Gasteiger partial charge in [-0.1, -0.05) is 18.2 Å². The lowest BCUT2D eigenvalue weighted by atomic mass is 10.1. The fourth-order valence-corrected chi connectivity index (χ4v) is 2.87. The summed E-state index contributed by atoms with van der Waals surface area (Å²) in [5.41, 5.74) is 2.38. The highest BCUT2D eigenvalue weighted by Crippen LogP contribution is 2.30. The Morgan fingerprint density at radius 1 is 1.00 bits per heavy atom. The van der Waals surface area contributed by atoms with E-state index in [2.05, 4.69) is 15.3 Å². The van der Waals surface area contributed by atoms with E-state index in [1.165, 1.54) is 0 Å². The number of para-hydroxylation sites is 1. The van der Waals surface area contributed by atoms with Crippen molar-refractivity contribution in [3.05, 3.63) is 73.2 Å². The molecule has 0 saturated carbocycles. The molecule has 1 N–H and O–H groups in total. The van der Waals surface area contributed by atoms with Crippen molar-refractivity contribution in [1.82, 2.24) is 9.97 Å². The number of amides is 2. The van der Waals surface area contributed by atoms with Crippen molar-refractivity contribution in [3.63, 3.8) is 0 Å². The fourth-order valence-electron chi connectivity index (χ4n) is 2.87. The Morgan fingerprint density at radius 3 is 2.68 bits per heavy atom. The van der Waals surface area contributed by atoms with E-state index < -0.39 is 0 Å². The van der Waals surface area contributed by atoms with Gasteiger partial charge in [0.2, 0.25) is 0 Å². The van der Waals surface area contributed by atoms with Crippen LogP contribution in [-0.2, 0) is 0 Å². The van der Waals surface area contributed by atoms with E-state index in [1.807, 2.05) is 54.6 Å². The molecule has 0 atom stereocenters. The zero-order valence-corrected chi connectivity index (χ0v) is 13.7. The highest BCUT2D eigenvalue weighted by atomic mass is 16.2. The topological polar surface area (TPSA) is 58.1 Å². The van der Waals surface area contributed by atoms with E-state index in [9.17, 15) is 4.79 Å². The van der Waals surface area contributed by atoms with Gasteiger partial charge >= 0.3 is 6.03 Å². The predicted octanol–water partition coefficient (Wildman–Crippen LogP) is 4.45. The maximum atomic E-state index is 12.7. The van der Waals surface area contributed by atoms with Crippen LogP contribution in [-0.4, -0.2) is 23.0 Å². The fraction of sp³-hybridized carbons (Fsp3) is 0.0500. The first-order valence-electron chi connectivity index (χ1n) is 7.95. The predicted molar refractivity (Wildman–Crippen MR) is 101 cm³/mol. The molecule has 122 valence electrons. The Hall–Kier alpha value is -3.47. The van der Waals surface area contributed by atoms with Gasteiger partial charge in [-0.2, -0.15) is 0 Å². The summed E-state index contributed by atoms with van der Waals surface area (Å²) in [4.78, 5) is 22.9. The van der Waals surface area contributed by atoms with Gasteiger partial charge in [0.05, 0.1) is 11.2 Å². The number of aromatic nitrogens is 2. The number of anilines is 2. The zero-order chi connectivity index (χ0) is 17.2. The molecule has 0 radical (unpaired) electrons. The lowest BCUT2D eigenvalue weighted by molar-refractivity contribution is 0.258. The van der Waals surface area contributed by atoms with E-state index >= 15 is 0 Å². The van der Waals surface area contributed by atoms with Gasteiger partial charge in [-0.05, 0) is 41.8 Å². The first-order valence-corrected chi connectivity index (χ1v) is 7.95. The number of fused-ring (bicyclic) bond motifs is 3. The summed E-state index contributed by atoms with van der Waals surface area (Å²) in [7, 11) is 1.75. The number of pyridine rings is 2. The third kappa shape index (κ3) is 2.76. The zero-order valence-electron chi connectivity index (χ0n) is 13.7. The highest BCUT2D eigenvalue weighted by molar-refractivity contribution is 6.14. The molecule has 2 aromatic heterocycles. The minimum atomic E-state index is -0.204. The Kier molecular flexibility index (Phi) is 3.74. The number of carbonyl (C=O) groups excluding carboxylic acids is 1. The molecule has 25 heavy (non-hydrogen) atoms. The summed E-state index contributed by atoms with van der Waals surface area (Å²) in [6.45, 7) is 0. The van der Waals surface area contributed by atoms with Crippen LogP contribution in [0.4, 0.5) is 16.2 Å². The number of nitrogens with zero attached hydrogens (tertiary/aromatic N) is 3. The van der Waals surface area contributed by atoms with Crippen LogP contribution in [0.5, 0.6) is 0 Å². The molecule has 0 aliphatic rings. The molecule has 0 spiro atoms. The molecule has 0 aliphatic heterocycles. The van der Waals surface area contributed by atoms with Crippen LogP contribution in [0, 0.1) is 0 Å². The Balaban J connectivity index is 1.77. The monoisotopic (exact) mass is 328 g/mol. The summed E-state index contributed by atoms with van der Waals surface area (Å²) in [6.07, 6.45) is 5.28. The van der Waals surface area contributed by atoms with Gasteiger partial charge in [-0.25, -0.2) is 4.79 Å². The van der Waals surface area contributed by atoms with E-state index in [0.29, 0.717) is 0 Å². The summed E-state index contributed by atoms with van der Waals surface area (Å²) < 4.78 is 0. The molecule has 0 unspecified atom stereocenters. The lowest BCUT2D eigenvalue weighted by Gasteiger charge is -2.19.